The molecule has 2 unspecified atom stereocenters. The molecule has 4 nitrogen and oxygen atoms in total. The molecule has 0 bridgehead atoms. The van der Waals surface area contributed by atoms with Gasteiger partial charge in [-0.3, -0.25) is 0 Å². The molecule has 2 N–H and O–H groups in total. The number of aryl methyl sites for hydroxylation is 1. The van der Waals surface area contributed by atoms with Crippen LogP contribution in [-0.4, -0.2) is 22.5 Å². The first-order chi connectivity index (χ1) is 9.10. The molecular formula is C13H17N3OS2. The molecular weight excluding hydrogens is 278 g/mol. The van der Waals surface area contributed by atoms with Crippen LogP contribution < -0.4 is 10.5 Å². The first kappa shape index (κ1) is 14.3. The maximum atomic E-state index is 6.10. The minimum Gasteiger partial charge on any atom is -0.497 e. The summed E-state index contributed by atoms with van der Waals surface area (Å²) >= 11 is 3.08. The van der Waals surface area contributed by atoms with Gasteiger partial charge in [0, 0.05) is 6.04 Å². The zero-order chi connectivity index (χ0) is 13.8. The fraction of sp³-hybridized carbons (Fsp3) is 0.385. The van der Waals surface area contributed by atoms with Gasteiger partial charge in [-0.1, -0.05) is 23.9 Å². The summed E-state index contributed by atoms with van der Waals surface area (Å²) in [4.78, 5) is 4.38. The summed E-state index contributed by atoms with van der Waals surface area (Å²) in [6.45, 7) is 3.91. The average molecular weight is 295 g/mol. The van der Waals surface area contributed by atoms with E-state index in [1.807, 2.05) is 38.1 Å². The molecule has 1 aromatic heterocycles. The lowest BCUT2D eigenvalue weighted by Crippen LogP contribution is -2.22. The molecule has 2 aromatic rings. The SMILES string of the molecule is COc1ccc(C(Sc2nc(C)ns2)C(C)N)cc1. The van der Waals surface area contributed by atoms with Crippen molar-refractivity contribution < 1.29 is 4.74 Å². The number of hydrogen-bond donors (Lipinski definition) is 1. The van der Waals surface area contributed by atoms with Crippen LogP contribution in [0.3, 0.4) is 0 Å². The van der Waals surface area contributed by atoms with Gasteiger partial charge >= 0.3 is 0 Å². The fourth-order valence-corrected chi connectivity index (χ4v) is 3.64. The Morgan fingerprint density at radius 1 is 1.32 bits per heavy atom. The number of methoxy groups -OCH3 is 1. The van der Waals surface area contributed by atoms with Gasteiger partial charge < -0.3 is 10.5 Å². The van der Waals surface area contributed by atoms with Gasteiger partial charge in [-0.25, -0.2) is 4.98 Å². The van der Waals surface area contributed by atoms with Gasteiger partial charge in [-0.05, 0) is 43.1 Å². The number of thioether (sulfide) groups is 1. The van der Waals surface area contributed by atoms with Gasteiger partial charge in [0.1, 0.15) is 11.6 Å². The minimum atomic E-state index is 0.0302. The zero-order valence-corrected chi connectivity index (χ0v) is 12.8. The van der Waals surface area contributed by atoms with E-state index in [4.69, 9.17) is 10.5 Å². The van der Waals surface area contributed by atoms with Crippen LogP contribution in [0.1, 0.15) is 23.6 Å². The van der Waals surface area contributed by atoms with Crippen LogP contribution in [0.15, 0.2) is 28.6 Å². The molecule has 0 aliphatic carbocycles. The number of aromatic nitrogens is 2. The third-order valence-electron chi connectivity index (χ3n) is 2.66. The van der Waals surface area contributed by atoms with Crippen LogP contribution in [0.4, 0.5) is 0 Å². The van der Waals surface area contributed by atoms with E-state index in [0.717, 1.165) is 15.9 Å². The minimum absolute atomic E-state index is 0.0302. The summed E-state index contributed by atoms with van der Waals surface area (Å²) < 4.78 is 10.3. The Balaban J connectivity index is 2.19. The smallest absolute Gasteiger partial charge is 0.170 e. The van der Waals surface area contributed by atoms with E-state index in [0.29, 0.717) is 0 Å². The maximum absolute atomic E-state index is 6.10. The number of nitrogens with two attached hydrogens (primary N) is 1. The van der Waals surface area contributed by atoms with Crippen molar-refractivity contribution in [1.29, 1.82) is 0 Å². The second-order valence-corrected chi connectivity index (χ2v) is 6.42. The molecule has 1 heterocycles. The average Bonchev–Trinajstić information content (AvgIpc) is 2.81. The lowest BCUT2D eigenvalue weighted by Gasteiger charge is -2.19. The van der Waals surface area contributed by atoms with E-state index in [1.165, 1.54) is 17.1 Å². The lowest BCUT2D eigenvalue weighted by molar-refractivity contribution is 0.414. The predicted molar refractivity (Wildman–Crippen MR) is 79.9 cm³/mol. The monoisotopic (exact) mass is 295 g/mol. The van der Waals surface area contributed by atoms with Gasteiger partial charge in [0.15, 0.2) is 4.34 Å². The van der Waals surface area contributed by atoms with Crippen LogP contribution >= 0.6 is 23.3 Å². The molecule has 0 saturated heterocycles. The van der Waals surface area contributed by atoms with Crippen molar-refractivity contribution in [3.8, 4) is 5.75 Å². The second-order valence-electron chi connectivity index (χ2n) is 4.28. The number of rotatable bonds is 5. The van der Waals surface area contributed by atoms with Gasteiger partial charge in [0.25, 0.3) is 0 Å². The topological polar surface area (TPSA) is 61.0 Å². The molecule has 2 rings (SSSR count). The largest absolute Gasteiger partial charge is 0.497 e. The Morgan fingerprint density at radius 3 is 2.47 bits per heavy atom. The number of nitrogens with zero attached hydrogens (tertiary/aromatic N) is 2. The number of ether oxygens (including phenoxy) is 1. The molecule has 19 heavy (non-hydrogen) atoms. The molecule has 0 aliphatic heterocycles. The summed E-state index contributed by atoms with van der Waals surface area (Å²) in [6, 6.07) is 8.04. The molecule has 0 aliphatic rings. The standard InChI is InChI=1S/C13H17N3OS2/c1-8(14)12(18-13-15-9(2)16-19-13)10-4-6-11(17-3)7-5-10/h4-8,12H,14H2,1-3H3. The van der Waals surface area contributed by atoms with Crippen molar-refractivity contribution in [1.82, 2.24) is 9.36 Å². The van der Waals surface area contributed by atoms with E-state index in [1.54, 1.807) is 18.9 Å². The lowest BCUT2D eigenvalue weighted by atomic mass is 10.1. The van der Waals surface area contributed by atoms with E-state index < -0.39 is 0 Å². The molecule has 0 spiro atoms. The molecule has 2 atom stereocenters. The molecule has 0 saturated carbocycles. The highest BCUT2D eigenvalue weighted by atomic mass is 32.2. The van der Waals surface area contributed by atoms with Gasteiger partial charge in [0.05, 0.1) is 12.4 Å². The van der Waals surface area contributed by atoms with E-state index in [9.17, 15) is 0 Å². The molecule has 102 valence electrons. The third kappa shape index (κ3) is 3.68. The number of hydrogen-bond acceptors (Lipinski definition) is 6. The van der Waals surface area contributed by atoms with Crippen molar-refractivity contribution in [3.05, 3.63) is 35.7 Å². The number of benzene rings is 1. The highest BCUT2D eigenvalue weighted by Crippen LogP contribution is 2.38. The molecule has 1 aromatic carbocycles. The van der Waals surface area contributed by atoms with Gasteiger partial charge in [-0.2, -0.15) is 4.37 Å². The van der Waals surface area contributed by atoms with Crippen LogP contribution in [0.5, 0.6) is 5.75 Å². The van der Waals surface area contributed by atoms with Crippen molar-refractivity contribution in [2.75, 3.05) is 7.11 Å². The van der Waals surface area contributed by atoms with E-state index >= 15 is 0 Å². The highest BCUT2D eigenvalue weighted by Gasteiger charge is 2.19. The first-order valence-corrected chi connectivity index (χ1v) is 7.62. The van der Waals surface area contributed by atoms with Crippen molar-refractivity contribution >= 4 is 23.3 Å². The molecule has 6 heteroatoms. The summed E-state index contributed by atoms with van der Waals surface area (Å²) in [7, 11) is 1.66. The third-order valence-corrected chi connectivity index (χ3v) is 5.02. The Labute approximate surface area is 121 Å². The molecule has 0 radical (unpaired) electrons. The van der Waals surface area contributed by atoms with Crippen LogP contribution in [0.2, 0.25) is 0 Å². The first-order valence-electron chi connectivity index (χ1n) is 5.96. The van der Waals surface area contributed by atoms with Crippen LogP contribution in [0, 0.1) is 6.92 Å². The van der Waals surface area contributed by atoms with Crippen molar-refractivity contribution in [3.63, 3.8) is 0 Å². The summed E-state index contributed by atoms with van der Waals surface area (Å²) in [5, 5.41) is 0.165. The van der Waals surface area contributed by atoms with Gasteiger partial charge in [0.2, 0.25) is 0 Å². The predicted octanol–water partition coefficient (Wildman–Crippen LogP) is 3.04. The Hall–Kier alpha value is -1.11. The second kappa shape index (κ2) is 6.36. The van der Waals surface area contributed by atoms with Crippen LogP contribution in [-0.2, 0) is 0 Å². The molecule has 0 fully saturated rings. The van der Waals surface area contributed by atoms with E-state index in [2.05, 4.69) is 9.36 Å². The summed E-state index contributed by atoms with van der Waals surface area (Å²) in [5.74, 6) is 1.66. The molecule has 0 amide bonds. The highest BCUT2D eigenvalue weighted by molar-refractivity contribution is 8.01. The summed E-state index contributed by atoms with van der Waals surface area (Å²) in [5.41, 5.74) is 7.27. The summed E-state index contributed by atoms with van der Waals surface area (Å²) in [6.07, 6.45) is 0. The quantitative estimate of drug-likeness (QED) is 0.859. The van der Waals surface area contributed by atoms with E-state index in [-0.39, 0.29) is 11.3 Å². The van der Waals surface area contributed by atoms with Gasteiger partial charge in [-0.15, -0.1) is 0 Å². The fourth-order valence-electron chi connectivity index (χ4n) is 1.71. The van der Waals surface area contributed by atoms with Crippen molar-refractivity contribution in [2.24, 2.45) is 5.73 Å². The Morgan fingerprint density at radius 2 is 2.00 bits per heavy atom. The Kier molecular flexibility index (Phi) is 4.79. The maximum Gasteiger partial charge on any atom is 0.170 e. The normalized spacial score (nSPS) is 14.1. The van der Waals surface area contributed by atoms with Crippen molar-refractivity contribution in [2.45, 2.75) is 29.5 Å². The Bertz CT molecular complexity index is 525. The van der Waals surface area contributed by atoms with Crippen LogP contribution in [0.25, 0.3) is 0 Å². The zero-order valence-electron chi connectivity index (χ0n) is 11.2.